The fraction of sp³-hybridized carbons (Fsp3) is 0.429. The Morgan fingerprint density at radius 2 is 1.80 bits per heavy atom. The second-order valence-corrected chi connectivity index (χ2v) is 4.70. The molecule has 0 spiro atoms. The number of rotatable bonds is 6. The van der Waals surface area contributed by atoms with Crippen LogP contribution in [0.4, 0.5) is 0 Å². The zero-order valence-corrected chi connectivity index (χ0v) is 14.3. The average molecular weight is 287 g/mol. The number of carbonyl (C=O) groups excluding carboxylic acids is 2. The van der Waals surface area contributed by atoms with Gasteiger partial charge in [0.25, 0.3) is 5.91 Å². The van der Waals surface area contributed by atoms with Crippen molar-refractivity contribution in [1.29, 1.82) is 0 Å². The number of methoxy groups -OCH3 is 1. The predicted octanol–water partition coefficient (Wildman–Crippen LogP) is -2.41. The molecule has 0 fully saturated rings. The van der Waals surface area contributed by atoms with Crippen LogP contribution >= 0.6 is 0 Å². The summed E-state index contributed by atoms with van der Waals surface area (Å²) in [6.07, 6.45) is 0.338. The molecule has 0 aromatic heterocycles. The fourth-order valence-electron chi connectivity index (χ4n) is 1.67. The van der Waals surface area contributed by atoms with Gasteiger partial charge in [0, 0.05) is 5.56 Å². The minimum absolute atomic E-state index is 0. The van der Waals surface area contributed by atoms with Crippen molar-refractivity contribution in [2.45, 2.75) is 26.3 Å². The van der Waals surface area contributed by atoms with E-state index in [4.69, 9.17) is 4.74 Å². The third-order valence-electron chi connectivity index (χ3n) is 2.65. The maximum atomic E-state index is 11.9. The van der Waals surface area contributed by atoms with Crippen LogP contribution in [0.15, 0.2) is 24.3 Å². The molecule has 0 aliphatic carbocycles. The SMILES string of the molecule is COc1ccc(C(=O)N[C@@H](CC(C)C)C(=O)[O-])cc1.[Na+]. The van der Waals surface area contributed by atoms with Gasteiger partial charge < -0.3 is 20.0 Å². The Bertz CT molecular complexity index is 445. The maximum absolute atomic E-state index is 11.9. The van der Waals surface area contributed by atoms with Gasteiger partial charge in [-0.15, -0.1) is 0 Å². The Hall–Kier alpha value is -1.04. The van der Waals surface area contributed by atoms with E-state index in [9.17, 15) is 14.7 Å². The zero-order valence-electron chi connectivity index (χ0n) is 12.3. The maximum Gasteiger partial charge on any atom is 1.00 e. The average Bonchev–Trinajstić information content (AvgIpc) is 2.37. The molecule has 1 aromatic carbocycles. The van der Waals surface area contributed by atoms with Crippen molar-refractivity contribution >= 4 is 11.9 Å². The molecule has 20 heavy (non-hydrogen) atoms. The zero-order chi connectivity index (χ0) is 14.4. The van der Waals surface area contributed by atoms with Crippen molar-refractivity contribution < 1.29 is 49.0 Å². The van der Waals surface area contributed by atoms with Gasteiger partial charge in [-0.1, -0.05) is 13.8 Å². The van der Waals surface area contributed by atoms with Crippen LogP contribution in [0.25, 0.3) is 0 Å². The van der Waals surface area contributed by atoms with Gasteiger partial charge in [0.15, 0.2) is 0 Å². The molecule has 0 unspecified atom stereocenters. The Morgan fingerprint density at radius 1 is 1.25 bits per heavy atom. The number of hydrogen-bond donors (Lipinski definition) is 1. The van der Waals surface area contributed by atoms with E-state index in [0.717, 1.165) is 0 Å². The smallest absolute Gasteiger partial charge is 0.548 e. The molecule has 1 N–H and O–H groups in total. The third kappa shape index (κ3) is 5.94. The summed E-state index contributed by atoms with van der Waals surface area (Å²) in [5.41, 5.74) is 0.385. The quantitative estimate of drug-likeness (QED) is 0.591. The summed E-state index contributed by atoms with van der Waals surface area (Å²) in [6.45, 7) is 3.77. The van der Waals surface area contributed by atoms with E-state index < -0.39 is 17.9 Å². The molecular weight excluding hydrogens is 269 g/mol. The van der Waals surface area contributed by atoms with E-state index in [0.29, 0.717) is 17.7 Å². The molecule has 1 amide bonds. The summed E-state index contributed by atoms with van der Waals surface area (Å²) in [6, 6.07) is 5.47. The first kappa shape index (κ1) is 19.0. The molecule has 6 heteroatoms. The Balaban J connectivity index is 0.00000361. The van der Waals surface area contributed by atoms with Crippen LogP contribution in [0.1, 0.15) is 30.6 Å². The number of carboxylic acids is 1. The topological polar surface area (TPSA) is 78.5 Å². The minimum Gasteiger partial charge on any atom is -0.548 e. The van der Waals surface area contributed by atoms with E-state index in [1.807, 2.05) is 13.8 Å². The Labute approximate surface area is 141 Å². The van der Waals surface area contributed by atoms with Gasteiger partial charge in [-0.25, -0.2) is 0 Å². The third-order valence-corrected chi connectivity index (χ3v) is 2.65. The number of hydrogen-bond acceptors (Lipinski definition) is 4. The van der Waals surface area contributed by atoms with Crippen LogP contribution in [0.5, 0.6) is 5.75 Å². The summed E-state index contributed by atoms with van der Waals surface area (Å²) < 4.78 is 4.99. The van der Waals surface area contributed by atoms with Gasteiger partial charge in [-0.05, 0) is 36.6 Å². The van der Waals surface area contributed by atoms with Gasteiger partial charge in [-0.2, -0.15) is 0 Å². The molecule has 0 aliphatic heterocycles. The monoisotopic (exact) mass is 287 g/mol. The van der Waals surface area contributed by atoms with Gasteiger partial charge in [0.1, 0.15) is 5.75 Å². The van der Waals surface area contributed by atoms with Crippen LogP contribution in [-0.4, -0.2) is 25.0 Å². The molecule has 1 rings (SSSR count). The van der Waals surface area contributed by atoms with Gasteiger partial charge in [0.2, 0.25) is 0 Å². The molecule has 0 aliphatic rings. The first-order valence-corrected chi connectivity index (χ1v) is 6.09. The summed E-state index contributed by atoms with van der Waals surface area (Å²) in [7, 11) is 1.53. The standard InChI is InChI=1S/C14H19NO4.Na/c1-9(2)8-12(14(17)18)15-13(16)10-4-6-11(19-3)7-5-10;/h4-7,9,12H,8H2,1-3H3,(H,15,16)(H,17,18);/q;+1/p-1/t12-;/m0./s1. The summed E-state index contributed by atoms with van der Waals surface area (Å²) in [5.74, 6) is -0.915. The van der Waals surface area contributed by atoms with Crippen LogP contribution < -0.4 is 44.7 Å². The molecular formula is C14H18NNaO4. The minimum atomic E-state index is -1.27. The number of ether oxygens (including phenoxy) is 1. The Morgan fingerprint density at radius 3 is 2.20 bits per heavy atom. The van der Waals surface area contributed by atoms with Crippen molar-refractivity contribution in [3.63, 3.8) is 0 Å². The summed E-state index contributed by atoms with van der Waals surface area (Å²) in [5, 5.41) is 13.4. The van der Waals surface area contributed by atoms with E-state index in [2.05, 4.69) is 5.32 Å². The number of nitrogens with one attached hydrogen (secondary N) is 1. The Kier molecular flexibility index (Phi) is 8.53. The summed E-state index contributed by atoms with van der Waals surface area (Å²) >= 11 is 0. The summed E-state index contributed by atoms with van der Waals surface area (Å²) in [4.78, 5) is 22.9. The molecule has 104 valence electrons. The van der Waals surface area contributed by atoms with Crippen molar-refractivity contribution in [3.05, 3.63) is 29.8 Å². The van der Waals surface area contributed by atoms with Crippen LogP contribution in [0, 0.1) is 5.92 Å². The van der Waals surface area contributed by atoms with E-state index >= 15 is 0 Å². The second kappa shape index (κ2) is 9.00. The van der Waals surface area contributed by atoms with Crippen molar-refractivity contribution in [3.8, 4) is 5.75 Å². The molecule has 1 aromatic rings. The van der Waals surface area contributed by atoms with Crippen molar-refractivity contribution in [2.24, 2.45) is 5.92 Å². The van der Waals surface area contributed by atoms with E-state index in [1.165, 1.54) is 7.11 Å². The largest absolute Gasteiger partial charge is 1.00 e. The predicted molar refractivity (Wildman–Crippen MR) is 68.7 cm³/mol. The molecule has 0 heterocycles. The number of benzene rings is 1. The van der Waals surface area contributed by atoms with Gasteiger partial charge >= 0.3 is 29.6 Å². The van der Waals surface area contributed by atoms with Crippen LogP contribution in [0.2, 0.25) is 0 Å². The number of carbonyl (C=O) groups is 2. The first-order valence-electron chi connectivity index (χ1n) is 6.09. The fourth-order valence-corrected chi connectivity index (χ4v) is 1.67. The van der Waals surface area contributed by atoms with E-state index in [-0.39, 0.29) is 35.5 Å². The van der Waals surface area contributed by atoms with Gasteiger partial charge in [-0.3, -0.25) is 4.79 Å². The normalized spacial score (nSPS) is 11.4. The first-order chi connectivity index (χ1) is 8.93. The van der Waals surface area contributed by atoms with Crippen LogP contribution in [-0.2, 0) is 4.79 Å². The molecule has 0 saturated heterocycles. The molecule has 1 atom stereocenters. The van der Waals surface area contributed by atoms with Crippen molar-refractivity contribution in [1.82, 2.24) is 5.32 Å². The molecule has 0 bridgehead atoms. The molecule has 5 nitrogen and oxygen atoms in total. The number of carboxylic acid groups (broad SMARTS) is 1. The van der Waals surface area contributed by atoms with Crippen LogP contribution in [0.3, 0.4) is 0 Å². The van der Waals surface area contributed by atoms with Crippen molar-refractivity contribution in [2.75, 3.05) is 7.11 Å². The van der Waals surface area contributed by atoms with Gasteiger partial charge in [0.05, 0.1) is 19.1 Å². The number of amides is 1. The van der Waals surface area contributed by atoms with E-state index in [1.54, 1.807) is 24.3 Å². The second-order valence-electron chi connectivity index (χ2n) is 4.70. The molecule has 0 saturated carbocycles. The number of aliphatic carboxylic acids is 1. The molecule has 0 radical (unpaired) electrons.